The average molecular weight is 632 g/mol. The number of nitrogens with zero attached hydrogens (tertiary/aromatic N) is 3. The Morgan fingerprint density at radius 3 is 2.46 bits per heavy atom. The minimum atomic E-state index is -0.702. The Balaban J connectivity index is 1.39. The molecule has 2 amide bonds. The number of fused-ring (bicyclic) bond motifs is 1. The number of carbonyl (C=O) groups excluding carboxylic acids is 2. The van der Waals surface area contributed by atoms with E-state index in [1.165, 1.54) is 9.80 Å². The molecule has 0 radical (unpaired) electrons. The molecular weight excluding hydrogens is 586 g/mol. The maximum Gasteiger partial charge on any atom is 0.410 e. The molecule has 0 aromatic heterocycles. The van der Waals surface area contributed by atoms with E-state index in [4.69, 9.17) is 23.7 Å². The SMILES string of the molecule is COCCCN1CCOc2ccc(COC3CN(C(=O)OCc4ccccc4)C(C(=O)N(C)C)CC3c3ccc(OC)cc3)cc21. The zero-order chi connectivity index (χ0) is 32.5. The lowest BCUT2D eigenvalue weighted by molar-refractivity contribution is -0.138. The largest absolute Gasteiger partial charge is 0.497 e. The topological polar surface area (TPSA) is 90.0 Å². The summed E-state index contributed by atoms with van der Waals surface area (Å²) in [6, 6.07) is 22.8. The molecule has 3 unspecified atom stereocenters. The molecule has 2 aliphatic rings. The number of rotatable bonds is 12. The second-order valence-corrected chi connectivity index (χ2v) is 11.9. The number of hydrogen-bond acceptors (Lipinski definition) is 8. The summed E-state index contributed by atoms with van der Waals surface area (Å²) in [5, 5.41) is 0. The van der Waals surface area contributed by atoms with Crippen LogP contribution in [0.5, 0.6) is 11.5 Å². The van der Waals surface area contributed by atoms with E-state index in [1.807, 2.05) is 66.7 Å². The third kappa shape index (κ3) is 8.10. The van der Waals surface area contributed by atoms with Crippen LogP contribution >= 0.6 is 0 Å². The molecule has 10 nitrogen and oxygen atoms in total. The van der Waals surface area contributed by atoms with Gasteiger partial charge >= 0.3 is 6.09 Å². The van der Waals surface area contributed by atoms with E-state index in [9.17, 15) is 9.59 Å². The summed E-state index contributed by atoms with van der Waals surface area (Å²) >= 11 is 0. The predicted octanol–water partition coefficient (Wildman–Crippen LogP) is 5.10. The number of likely N-dealkylation sites (tertiary alicyclic amines) is 1. The Labute approximate surface area is 271 Å². The molecule has 0 bridgehead atoms. The summed E-state index contributed by atoms with van der Waals surface area (Å²) in [4.78, 5) is 32.5. The number of carbonyl (C=O) groups is 2. The third-order valence-corrected chi connectivity index (χ3v) is 8.61. The van der Waals surface area contributed by atoms with Crippen molar-refractivity contribution in [3.63, 3.8) is 0 Å². The smallest absolute Gasteiger partial charge is 0.410 e. The van der Waals surface area contributed by atoms with E-state index in [0.29, 0.717) is 26.2 Å². The van der Waals surface area contributed by atoms with Gasteiger partial charge in [-0.05, 0) is 53.8 Å². The van der Waals surface area contributed by atoms with Crippen molar-refractivity contribution in [3.8, 4) is 11.5 Å². The van der Waals surface area contributed by atoms with Gasteiger partial charge in [-0.15, -0.1) is 0 Å². The minimum Gasteiger partial charge on any atom is -0.497 e. The summed E-state index contributed by atoms with van der Waals surface area (Å²) in [6.45, 7) is 3.67. The Kier molecular flexibility index (Phi) is 11.4. The summed E-state index contributed by atoms with van der Waals surface area (Å²) in [7, 11) is 6.77. The zero-order valence-electron chi connectivity index (χ0n) is 27.2. The molecule has 246 valence electrons. The molecule has 1 fully saturated rings. The number of hydrogen-bond donors (Lipinski definition) is 0. The maximum absolute atomic E-state index is 13.6. The lowest BCUT2D eigenvalue weighted by atomic mass is 9.82. The normalized spacial score (nSPS) is 19.2. The number of methoxy groups -OCH3 is 2. The number of likely N-dealkylation sites (N-methyl/N-ethyl adjacent to an activating group) is 1. The van der Waals surface area contributed by atoms with E-state index in [1.54, 1.807) is 28.3 Å². The second-order valence-electron chi connectivity index (χ2n) is 11.9. The van der Waals surface area contributed by atoms with Gasteiger partial charge in [-0.1, -0.05) is 48.5 Å². The summed E-state index contributed by atoms with van der Waals surface area (Å²) in [5.41, 5.74) is 3.93. The lowest BCUT2D eigenvalue weighted by Crippen LogP contribution is -2.57. The van der Waals surface area contributed by atoms with Gasteiger partial charge in [0, 0.05) is 40.3 Å². The van der Waals surface area contributed by atoms with Crippen LogP contribution in [-0.2, 0) is 32.2 Å². The van der Waals surface area contributed by atoms with Crippen LogP contribution < -0.4 is 14.4 Å². The highest BCUT2D eigenvalue weighted by molar-refractivity contribution is 5.86. The molecule has 10 heteroatoms. The van der Waals surface area contributed by atoms with Crippen molar-refractivity contribution in [1.29, 1.82) is 0 Å². The summed E-state index contributed by atoms with van der Waals surface area (Å²) in [6.07, 6.45) is 0.378. The Morgan fingerprint density at radius 2 is 1.74 bits per heavy atom. The number of anilines is 1. The number of benzene rings is 3. The average Bonchev–Trinajstić information content (AvgIpc) is 3.09. The Bertz CT molecular complexity index is 1430. The molecule has 3 atom stereocenters. The van der Waals surface area contributed by atoms with Crippen LogP contribution in [0.25, 0.3) is 0 Å². The van der Waals surface area contributed by atoms with E-state index in [2.05, 4.69) is 11.0 Å². The number of ether oxygens (including phenoxy) is 5. The Hall–Kier alpha value is -4.28. The standard InChI is InChI=1S/C36H45N3O7/c1-37(2)35(40)32-22-30(28-12-14-29(43-4)15-13-28)34(23-39(32)36(41)46-24-26-9-6-5-7-10-26)45-25-27-11-16-33-31(21-27)38(18-20-44-33)17-8-19-42-3/h5-7,9-16,21,30,32,34H,8,17-20,22-25H2,1-4H3. The van der Waals surface area contributed by atoms with Crippen LogP contribution in [0.3, 0.4) is 0 Å². The molecule has 0 saturated carbocycles. The van der Waals surface area contributed by atoms with Gasteiger partial charge in [0.1, 0.15) is 30.8 Å². The van der Waals surface area contributed by atoms with E-state index >= 15 is 0 Å². The van der Waals surface area contributed by atoms with Gasteiger partial charge in [0.15, 0.2) is 0 Å². The molecule has 2 aliphatic heterocycles. The quantitative estimate of drug-likeness (QED) is 0.255. The molecule has 0 aliphatic carbocycles. The summed E-state index contributed by atoms with van der Waals surface area (Å²) < 4.78 is 29.0. The van der Waals surface area contributed by atoms with Crippen molar-refractivity contribution in [2.75, 3.05) is 66.1 Å². The van der Waals surface area contributed by atoms with Crippen molar-refractivity contribution in [2.45, 2.75) is 44.1 Å². The van der Waals surface area contributed by atoms with Gasteiger partial charge in [-0.25, -0.2) is 4.79 Å². The van der Waals surface area contributed by atoms with Crippen molar-refractivity contribution in [2.24, 2.45) is 0 Å². The molecule has 0 spiro atoms. The van der Waals surface area contributed by atoms with Gasteiger partial charge in [0.05, 0.1) is 38.6 Å². The highest BCUT2D eigenvalue weighted by Crippen LogP contribution is 2.37. The van der Waals surface area contributed by atoms with E-state index < -0.39 is 18.2 Å². The van der Waals surface area contributed by atoms with Crippen LogP contribution in [0.15, 0.2) is 72.8 Å². The summed E-state index contributed by atoms with van der Waals surface area (Å²) in [5.74, 6) is 1.30. The minimum absolute atomic E-state index is 0.116. The van der Waals surface area contributed by atoms with Crippen LogP contribution in [0.4, 0.5) is 10.5 Å². The van der Waals surface area contributed by atoms with Crippen LogP contribution in [0, 0.1) is 0 Å². The van der Waals surface area contributed by atoms with Gasteiger partial charge < -0.3 is 33.5 Å². The number of piperidine rings is 1. The van der Waals surface area contributed by atoms with Crippen molar-refractivity contribution >= 4 is 17.7 Å². The fraction of sp³-hybridized carbons (Fsp3) is 0.444. The van der Waals surface area contributed by atoms with Crippen LogP contribution in [0.1, 0.15) is 35.4 Å². The van der Waals surface area contributed by atoms with Crippen molar-refractivity contribution in [3.05, 3.63) is 89.5 Å². The molecule has 5 rings (SSSR count). The molecule has 46 heavy (non-hydrogen) atoms. The van der Waals surface area contributed by atoms with Gasteiger partial charge in [-0.3, -0.25) is 9.69 Å². The molecule has 2 heterocycles. The molecule has 3 aromatic rings. The monoisotopic (exact) mass is 631 g/mol. The third-order valence-electron chi connectivity index (χ3n) is 8.61. The number of amides is 2. The first-order valence-corrected chi connectivity index (χ1v) is 15.8. The highest BCUT2D eigenvalue weighted by Gasteiger charge is 2.43. The lowest BCUT2D eigenvalue weighted by Gasteiger charge is -2.43. The molecular formula is C36H45N3O7. The molecule has 3 aromatic carbocycles. The van der Waals surface area contributed by atoms with Gasteiger partial charge in [0.2, 0.25) is 5.91 Å². The van der Waals surface area contributed by atoms with Crippen LogP contribution in [-0.4, -0.2) is 95.1 Å². The molecule has 1 saturated heterocycles. The zero-order valence-corrected chi connectivity index (χ0v) is 27.2. The predicted molar refractivity (Wildman–Crippen MR) is 175 cm³/mol. The van der Waals surface area contributed by atoms with Crippen LogP contribution in [0.2, 0.25) is 0 Å². The van der Waals surface area contributed by atoms with E-state index in [0.717, 1.165) is 53.4 Å². The van der Waals surface area contributed by atoms with E-state index in [-0.39, 0.29) is 25.0 Å². The molecule has 0 N–H and O–H groups in total. The van der Waals surface area contributed by atoms with Gasteiger partial charge in [0.25, 0.3) is 0 Å². The first kappa shape index (κ1) is 33.1. The van der Waals surface area contributed by atoms with Crippen molar-refractivity contribution in [1.82, 2.24) is 9.80 Å². The fourth-order valence-corrected chi connectivity index (χ4v) is 6.12. The van der Waals surface area contributed by atoms with Gasteiger partial charge in [-0.2, -0.15) is 0 Å². The first-order valence-electron chi connectivity index (χ1n) is 15.8. The first-order chi connectivity index (χ1) is 22.4. The van der Waals surface area contributed by atoms with Crippen molar-refractivity contribution < 1.29 is 33.3 Å². The highest BCUT2D eigenvalue weighted by atomic mass is 16.6. The second kappa shape index (κ2) is 15.8. The Morgan fingerprint density at radius 1 is 0.957 bits per heavy atom. The maximum atomic E-state index is 13.6. The fourth-order valence-electron chi connectivity index (χ4n) is 6.12.